The molecule has 0 heterocycles. The first-order chi connectivity index (χ1) is 2.81. The van der Waals surface area contributed by atoms with E-state index in [0.29, 0.717) is 0 Å². The Balaban J connectivity index is 3.83. The summed E-state index contributed by atoms with van der Waals surface area (Å²) in [5.41, 5.74) is 0. The van der Waals surface area contributed by atoms with Crippen LogP contribution in [0.15, 0.2) is 0 Å². The van der Waals surface area contributed by atoms with Gasteiger partial charge in [0.15, 0.2) is 0 Å². The van der Waals surface area contributed by atoms with Crippen molar-refractivity contribution < 1.29 is 18.9 Å². The quantitative estimate of drug-likeness (QED) is 0.443. The fourth-order valence-electron chi connectivity index (χ4n) is 0. The van der Waals surface area contributed by atoms with E-state index >= 15 is 0 Å². The van der Waals surface area contributed by atoms with Gasteiger partial charge in [-0.3, -0.25) is 0 Å². The van der Waals surface area contributed by atoms with Crippen molar-refractivity contribution in [2.45, 2.75) is 6.92 Å². The Morgan fingerprint density at radius 2 is 1.57 bits per heavy atom. The van der Waals surface area contributed by atoms with Gasteiger partial charge < -0.3 is 0 Å². The normalized spacial score (nSPS) is 18.1. The molecule has 0 spiro atoms. The van der Waals surface area contributed by atoms with E-state index in [1.54, 1.807) is 0 Å². The number of hydrogen-bond acceptors (Lipinski definition) is 3. The molecule has 0 aromatic rings. The van der Waals surface area contributed by atoms with Crippen molar-refractivity contribution >= 4 is 7.59 Å². The van der Waals surface area contributed by atoms with E-state index in [1.165, 1.54) is 0 Å². The second kappa shape index (κ2) is 1.36. The molecule has 0 aliphatic rings. The van der Waals surface area contributed by atoms with Gasteiger partial charge in [-0.1, -0.05) is 0 Å². The second-order valence-electron chi connectivity index (χ2n) is 1.36. The zero-order chi connectivity index (χ0) is 6.15. The minimum absolute atomic E-state index is 0.633. The molecule has 0 rings (SSSR count). The van der Waals surface area contributed by atoms with Crippen molar-refractivity contribution in [1.82, 2.24) is 0 Å². The van der Waals surface area contributed by atoms with Gasteiger partial charge in [-0.15, -0.1) is 0 Å². The van der Waals surface area contributed by atoms with E-state index in [0.717, 1.165) is 6.92 Å². The van der Waals surface area contributed by atoms with Crippen LogP contribution < -0.4 is 0 Å². The van der Waals surface area contributed by atoms with E-state index in [2.05, 4.69) is 0 Å². The first kappa shape index (κ1) is 7.24. The number of halogens is 1. The number of rotatable bonds is 1. The Hall–Kier alpha value is 0.240. The molecule has 3 N–H and O–H groups in total. The summed E-state index contributed by atoms with van der Waals surface area (Å²) < 4.78 is 11.6. The SMILES string of the molecule is CCP(O)(O)(O)F. The molecule has 46 valence electrons. The first-order valence-corrected chi connectivity index (χ1v) is 3.96. The minimum atomic E-state index is -5.58. The average Bonchev–Trinajstić information content (AvgIpc) is 1.32. The summed E-state index contributed by atoms with van der Waals surface area (Å²) in [6, 6.07) is 0. The predicted molar refractivity (Wildman–Crippen MR) is 25.2 cm³/mol. The van der Waals surface area contributed by atoms with Crippen LogP contribution in [0.2, 0.25) is 0 Å². The van der Waals surface area contributed by atoms with Gasteiger partial charge in [-0.25, -0.2) is 0 Å². The molecule has 0 bridgehead atoms. The topological polar surface area (TPSA) is 60.7 Å². The van der Waals surface area contributed by atoms with Crippen molar-refractivity contribution in [3.8, 4) is 0 Å². The summed E-state index contributed by atoms with van der Waals surface area (Å²) in [5.74, 6) is 0. The van der Waals surface area contributed by atoms with E-state index < -0.39 is 13.8 Å². The van der Waals surface area contributed by atoms with Crippen molar-refractivity contribution in [2.24, 2.45) is 0 Å². The molecule has 0 saturated carbocycles. The molecule has 0 fully saturated rings. The van der Waals surface area contributed by atoms with Crippen LogP contribution in [0.25, 0.3) is 0 Å². The molecule has 5 heteroatoms. The Morgan fingerprint density at radius 1 is 1.43 bits per heavy atom. The van der Waals surface area contributed by atoms with Gasteiger partial charge in [-0.2, -0.15) is 0 Å². The third-order valence-electron chi connectivity index (χ3n) is 0.544. The molecule has 0 aliphatic heterocycles. The molecular weight excluding hydrogens is 122 g/mol. The van der Waals surface area contributed by atoms with E-state index in [1.807, 2.05) is 0 Å². The molecule has 7 heavy (non-hydrogen) atoms. The molecule has 0 aromatic carbocycles. The van der Waals surface area contributed by atoms with Gasteiger partial charge in [0, 0.05) is 0 Å². The summed E-state index contributed by atoms with van der Waals surface area (Å²) in [7, 11) is -5.58. The summed E-state index contributed by atoms with van der Waals surface area (Å²) >= 11 is 0. The Bertz CT molecular complexity index is 65.5. The van der Waals surface area contributed by atoms with E-state index in [4.69, 9.17) is 14.7 Å². The van der Waals surface area contributed by atoms with E-state index in [-0.39, 0.29) is 0 Å². The second-order valence-corrected chi connectivity index (χ2v) is 4.07. The van der Waals surface area contributed by atoms with Crippen LogP contribution in [0, 0.1) is 0 Å². The summed E-state index contributed by atoms with van der Waals surface area (Å²) in [6.45, 7) is 1.15. The molecule has 3 nitrogen and oxygen atoms in total. The van der Waals surface area contributed by atoms with Crippen molar-refractivity contribution in [2.75, 3.05) is 6.16 Å². The van der Waals surface area contributed by atoms with Crippen LogP contribution in [0.1, 0.15) is 6.92 Å². The standard InChI is InChI=1S/C2H8FO3P/c1-2-7(3,4,5)6/h4-6H,2H2,1H3. The molecule has 0 aromatic heterocycles. The van der Waals surface area contributed by atoms with Gasteiger partial charge in [-0.05, 0) is 0 Å². The molecule has 0 amide bonds. The molecule has 0 atom stereocenters. The van der Waals surface area contributed by atoms with Crippen LogP contribution in [0.4, 0.5) is 4.20 Å². The molecule has 0 saturated heterocycles. The third kappa shape index (κ3) is 6.24. The van der Waals surface area contributed by atoms with Gasteiger partial charge >= 0.3 is 39.6 Å². The fourth-order valence-corrected chi connectivity index (χ4v) is 0. The monoisotopic (exact) mass is 130 g/mol. The predicted octanol–water partition coefficient (Wildman–Crippen LogP) is 0.166. The van der Waals surface area contributed by atoms with Crippen LogP contribution in [-0.4, -0.2) is 20.8 Å². The Morgan fingerprint density at radius 3 is 1.57 bits per heavy atom. The van der Waals surface area contributed by atoms with Gasteiger partial charge in [0.2, 0.25) is 0 Å². The molecular formula is C2H8FO3P. The summed E-state index contributed by atoms with van der Waals surface area (Å²) in [4.78, 5) is 23.6. The maximum atomic E-state index is 11.6. The first-order valence-electron chi connectivity index (χ1n) is 1.79. The molecule has 0 unspecified atom stereocenters. The van der Waals surface area contributed by atoms with Gasteiger partial charge in [0.25, 0.3) is 0 Å². The van der Waals surface area contributed by atoms with Crippen molar-refractivity contribution in [3.05, 3.63) is 0 Å². The fraction of sp³-hybridized carbons (Fsp3) is 1.00. The maximum absolute atomic E-state index is 11.6. The third-order valence-corrected chi connectivity index (χ3v) is 1.63. The van der Waals surface area contributed by atoms with E-state index in [9.17, 15) is 4.20 Å². The average molecular weight is 130 g/mol. The number of hydrogen-bond donors (Lipinski definition) is 3. The zero-order valence-corrected chi connectivity index (χ0v) is 4.77. The molecule has 0 radical (unpaired) electrons. The van der Waals surface area contributed by atoms with Crippen molar-refractivity contribution in [1.29, 1.82) is 0 Å². The Labute approximate surface area is 40.7 Å². The molecule has 0 aliphatic carbocycles. The van der Waals surface area contributed by atoms with Crippen molar-refractivity contribution in [3.63, 3.8) is 0 Å². The van der Waals surface area contributed by atoms with Crippen LogP contribution in [0.3, 0.4) is 0 Å². The zero-order valence-electron chi connectivity index (χ0n) is 3.87. The van der Waals surface area contributed by atoms with Crippen LogP contribution >= 0.6 is 7.59 Å². The van der Waals surface area contributed by atoms with Gasteiger partial charge in [0.05, 0.1) is 0 Å². The van der Waals surface area contributed by atoms with Gasteiger partial charge in [0.1, 0.15) is 0 Å². The van der Waals surface area contributed by atoms with Crippen LogP contribution in [0.5, 0.6) is 0 Å². The summed E-state index contributed by atoms with van der Waals surface area (Å²) in [5, 5.41) is 0. The Kier molecular flexibility index (Phi) is 1.40. The van der Waals surface area contributed by atoms with Crippen LogP contribution in [-0.2, 0) is 0 Å². The summed E-state index contributed by atoms with van der Waals surface area (Å²) in [6.07, 6.45) is -0.633.